The van der Waals surface area contributed by atoms with Crippen molar-refractivity contribution in [3.05, 3.63) is 20.8 Å². The summed E-state index contributed by atoms with van der Waals surface area (Å²) >= 11 is 4.91. The SMILES string of the molecule is CC(C)[C@H](N)C(=O)NCC(=O)NCc1csc(Br)c1.Cl. The highest BCUT2D eigenvalue weighted by Crippen LogP contribution is 2.20. The zero-order chi connectivity index (χ0) is 14.4. The van der Waals surface area contributed by atoms with Crippen molar-refractivity contribution in [3.63, 3.8) is 0 Å². The molecule has 1 aromatic heterocycles. The van der Waals surface area contributed by atoms with Gasteiger partial charge < -0.3 is 16.4 Å². The first kappa shape index (κ1) is 19.4. The van der Waals surface area contributed by atoms with Gasteiger partial charge in [0.25, 0.3) is 0 Å². The normalized spacial score (nSPS) is 11.7. The van der Waals surface area contributed by atoms with Crippen LogP contribution in [0.3, 0.4) is 0 Å². The molecule has 0 aromatic carbocycles. The van der Waals surface area contributed by atoms with Crippen LogP contribution in [0.25, 0.3) is 0 Å². The minimum absolute atomic E-state index is 0. The average molecular weight is 385 g/mol. The lowest BCUT2D eigenvalue weighted by Gasteiger charge is -2.15. The Bertz CT molecular complexity index is 454. The van der Waals surface area contributed by atoms with E-state index in [0.717, 1.165) is 9.35 Å². The summed E-state index contributed by atoms with van der Waals surface area (Å²) in [5.41, 5.74) is 6.69. The van der Waals surface area contributed by atoms with Gasteiger partial charge >= 0.3 is 0 Å². The number of thiophene rings is 1. The quantitative estimate of drug-likeness (QED) is 0.697. The number of hydrogen-bond acceptors (Lipinski definition) is 4. The molecule has 114 valence electrons. The standard InChI is InChI=1S/C12H18BrN3O2S.ClH/c1-7(2)11(14)12(18)16-5-10(17)15-4-8-3-9(13)19-6-8;/h3,6-7,11H,4-5,14H2,1-2H3,(H,15,17)(H,16,18);1H/t11-;/m0./s1. The number of amides is 2. The van der Waals surface area contributed by atoms with Crippen molar-refractivity contribution in [1.82, 2.24) is 10.6 Å². The Kier molecular flexibility index (Phi) is 9.04. The number of nitrogens with one attached hydrogen (secondary N) is 2. The maximum Gasteiger partial charge on any atom is 0.239 e. The maximum absolute atomic E-state index is 11.5. The summed E-state index contributed by atoms with van der Waals surface area (Å²) in [7, 11) is 0. The van der Waals surface area contributed by atoms with Crippen molar-refractivity contribution in [2.45, 2.75) is 26.4 Å². The molecule has 20 heavy (non-hydrogen) atoms. The van der Waals surface area contributed by atoms with Crippen LogP contribution in [0.1, 0.15) is 19.4 Å². The van der Waals surface area contributed by atoms with E-state index < -0.39 is 6.04 Å². The average Bonchev–Trinajstić information content (AvgIpc) is 2.78. The second-order valence-electron chi connectivity index (χ2n) is 4.52. The van der Waals surface area contributed by atoms with Crippen LogP contribution in [0.2, 0.25) is 0 Å². The van der Waals surface area contributed by atoms with Crippen LogP contribution >= 0.6 is 39.7 Å². The lowest BCUT2D eigenvalue weighted by Crippen LogP contribution is -2.47. The van der Waals surface area contributed by atoms with E-state index in [9.17, 15) is 9.59 Å². The van der Waals surface area contributed by atoms with Gasteiger partial charge in [-0.05, 0) is 38.9 Å². The van der Waals surface area contributed by atoms with Crippen LogP contribution in [-0.2, 0) is 16.1 Å². The van der Waals surface area contributed by atoms with E-state index >= 15 is 0 Å². The molecule has 0 saturated heterocycles. The van der Waals surface area contributed by atoms with Gasteiger partial charge in [0.2, 0.25) is 11.8 Å². The van der Waals surface area contributed by atoms with E-state index in [0.29, 0.717) is 6.54 Å². The summed E-state index contributed by atoms with van der Waals surface area (Å²) in [6, 6.07) is 1.36. The summed E-state index contributed by atoms with van der Waals surface area (Å²) in [5, 5.41) is 7.21. The first-order valence-electron chi connectivity index (χ1n) is 5.93. The molecule has 0 aliphatic heterocycles. The van der Waals surface area contributed by atoms with Crippen LogP contribution in [0.4, 0.5) is 0 Å². The van der Waals surface area contributed by atoms with Crippen LogP contribution in [0, 0.1) is 5.92 Å². The molecule has 1 atom stereocenters. The van der Waals surface area contributed by atoms with E-state index in [4.69, 9.17) is 5.73 Å². The minimum atomic E-state index is -0.583. The third kappa shape index (κ3) is 6.69. The van der Waals surface area contributed by atoms with Crippen molar-refractivity contribution in [3.8, 4) is 0 Å². The zero-order valence-electron chi connectivity index (χ0n) is 11.3. The molecule has 0 bridgehead atoms. The van der Waals surface area contributed by atoms with Gasteiger partial charge in [0.1, 0.15) is 0 Å². The van der Waals surface area contributed by atoms with Crippen LogP contribution < -0.4 is 16.4 Å². The van der Waals surface area contributed by atoms with E-state index in [1.165, 1.54) is 0 Å². The minimum Gasteiger partial charge on any atom is -0.350 e. The molecular formula is C12H19BrClN3O2S. The predicted molar refractivity (Wildman–Crippen MR) is 86.9 cm³/mol. The summed E-state index contributed by atoms with van der Waals surface area (Å²) in [5.74, 6) is -0.485. The highest BCUT2D eigenvalue weighted by atomic mass is 79.9. The van der Waals surface area contributed by atoms with Gasteiger partial charge in [-0.3, -0.25) is 9.59 Å². The van der Waals surface area contributed by atoms with E-state index in [1.807, 2.05) is 25.3 Å². The molecular weight excluding hydrogens is 366 g/mol. The van der Waals surface area contributed by atoms with E-state index in [1.54, 1.807) is 11.3 Å². The largest absolute Gasteiger partial charge is 0.350 e. The molecule has 8 heteroatoms. The lowest BCUT2D eigenvalue weighted by atomic mass is 10.1. The van der Waals surface area contributed by atoms with Gasteiger partial charge in [0, 0.05) is 6.54 Å². The van der Waals surface area contributed by atoms with Gasteiger partial charge in [-0.15, -0.1) is 23.7 Å². The highest BCUT2D eigenvalue weighted by Gasteiger charge is 2.17. The topological polar surface area (TPSA) is 84.2 Å². The van der Waals surface area contributed by atoms with Gasteiger partial charge in [-0.2, -0.15) is 0 Å². The molecule has 4 N–H and O–H groups in total. The number of carbonyl (C=O) groups excluding carboxylic acids is 2. The van der Waals surface area contributed by atoms with Crippen molar-refractivity contribution < 1.29 is 9.59 Å². The number of carbonyl (C=O) groups is 2. The lowest BCUT2D eigenvalue weighted by molar-refractivity contribution is -0.127. The van der Waals surface area contributed by atoms with Crippen LogP contribution in [0.5, 0.6) is 0 Å². The summed E-state index contributed by atoms with van der Waals surface area (Å²) in [4.78, 5) is 23.1. The molecule has 0 radical (unpaired) electrons. The van der Waals surface area contributed by atoms with Crippen molar-refractivity contribution in [2.75, 3.05) is 6.54 Å². The van der Waals surface area contributed by atoms with Crippen LogP contribution in [-0.4, -0.2) is 24.4 Å². The van der Waals surface area contributed by atoms with Gasteiger partial charge in [0.05, 0.1) is 16.4 Å². The molecule has 0 aliphatic carbocycles. The molecule has 0 aliphatic rings. The summed E-state index contributed by atoms with van der Waals surface area (Å²) in [6.07, 6.45) is 0. The molecule has 0 fully saturated rings. The Morgan fingerprint density at radius 1 is 1.40 bits per heavy atom. The first-order chi connectivity index (χ1) is 8.90. The number of hydrogen-bond donors (Lipinski definition) is 3. The molecule has 1 rings (SSSR count). The fourth-order valence-corrected chi connectivity index (χ4v) is 2.50. The van der Waals surface area contributed by atoms with Gasteiger partial charge in [-0.1, -0.05) is 13.8 Å². The Labute approximate surface area is 137 Å². The van der Waals surface area contributed by atoms with Crippen molar-refractivity contribution >= 4 is 51.5 Å². The Balaban J connectivity index is 0.00000361. The number of nitrogens with two attached hydrogens (primary N) is 1. The van der Waals surface area contributed by atoms with E-state index in [-0.39, 0.29) is 36.7 Å². The molecule has 5 nitrogen and oxygen atoms in total. The van der Waals surface area contributed by atoms with Gasteiger partial charge in [0.15, 0.2) is 0 Å². The molecule has 0 unspecified atom stereocenters. The van der Waals surface area contributed by atoms with Gasteiger partial charge in [-0.25, -0.2) is 0 Å². The maximum atomic E-state index is 11.5. The second-order valence-corrected chi connectivity index (χ2v) is 6.81. The third-order valence-corrected chi connectivity index (χ3v) is 4.11. The smallest absolute Gasteiger partial charge is 0.239 e. The van der Waals surface area contributed by atoms with E-state index in [2.05, 4.69) is 26.6 Å². The van der Waals surface area contributed by atoms with Crippen molar-refractivity contribution in [1.29, 1.82) is 0 Å². The van der Waals surface area contributed by atoms with Crippen LogP contribution in [0.15, 0.2) is 15.2 Å². The second kappa shape index (κ2) is 9.33. The summed E-state index contributed by atoms with van der Waals surface area (Å²) in [6.45, 7) is 4.12. The molecule has 2 amide bonds. The number of rotatable bonds is 6. The zero-order valence-corrected chi connectivity index (χ0v) is 14.5. The monoisotopic (exact) mass is 383 g/mol. The predicted octanol–water partition coefficient (Wildman–Crippen LogP) is 1.65. The Morgan fingerprint density at radius 3 is 2.55 bits per heavy atom. The highest BCUT2D eigenvalue weighted by molar-refractivity contribution is 9.11. The Morgan fingerprint density at radius 2 is 2.05 bits per heavy atom. The molecule has 0 spiro atoms. The molecule has 1 heterocycles. The first-order valence-corrected chi connectivity index (χ1v) is 7.60. The Hall–Kier alpha value is -0.630. The van der Waals surface area contributed by atoms with Crippen molar-refractivity contribution in [2.24, 2.45) is 11.7 Å². The molecule has 0 saturated carbocycles. The number of halogens is 2. The third-order valence-electron chi connectivity index (χ3n) is 2.56. The fourth-order valence-electron chi connectivity index (χ4n) is 1.29. The molecule has 1 aromatic rings. The fraction of sp³-hybridized carbons (Fsp3) is 0.500. The summed E-state index contributed by atoms with van der Waals surface area (Å²) < 4.78 is 1.02.